The summed E-state index contributed by atoms with van der Waals surface area (Å²) in [6, 6.07) is 8.40. The summed E-state index contributed by atoms with van der Waals surface area (Å²) in [5.41, 5.74) is 6.86. The molecule has 0 radical (unpaired) electrons. The normalized spacial score (nSPS) is 17.2. The molecule has 21 heavy (non-hydrogen) atoms. The quantitative estimate of drug-likeness (QED) is 0.897. The highest BCUT2D eigenvalue weighted by Gasteiger charge is 2.21. The predicted octanol–water partition coefficient (Wildman–Crippen LogP) is 3.72. The summed E-state index contributed by atoms with van der Waals surface area (Å²) in [5, 5.41) is 5.14. The number of hydrogen-bond acceptors (Lipinski definition) is 3. The van der Waals surface area contributed by atoms with Gasteiger partial charge in [-0.3, -0.25) is 9.58 Å². The fourth-order valence-electron chi connectivity index (χ4n) is 2.79. The third-order valence-electron chi connectivity index (χ3n) is 3.97. The van der Waals surface area contributed by atoms with E-state index in [2.05, 4.69) is 32.0 Å². The number of nitrogen functional groups attached to an aromatic ring is 1. The van der Waals surface area contributed by atoms with E-state index in [0.717, 1.165) is 42.0 Å². The maximum atomic E-state index is 6.29. The number of nitrogens with zero attached hydrogens (tertiary/aromatic N) is 3. The topological polar surface area (TPSA) is 47.1 Å². The molecular weight excluding hydrogens is 352 g/mol. The van der Waals surface area contributed by atoms with Crippen molar-refractivity contribution in [3.63, 3.8) is 0 Å². The number of piperidine rings is 1. The zero-order chi connectivity index (χ0) is 14.8. The molecule has 1 aliphatic rings. The molecule has 0 aliphatic carbocycles. The third-order valence-corrected chi connectivity index (χ3v) is 4.81. The van der Waals surface area contributed by atoms with Gasteiger partial charge in [-0.25, -0.2) is 0 Å². The molecule has 2 heterocycles. The van der Waals surface area contributed by atoms with E-state index in [1.54, 1.807) is 0 Å². The number of halogens is 2. The number of aromatic nitrogens is 2. The minimum Gasteiger partial charge on any atom is -0.382 e. The van der Waals surface area contributed by atoms with Gasteiger partial charge in [-0.05, 0) is 36.6 Å². The molecule has 4 nitrogen and oxygen atoms in total. The molecule has 1 aromatic heterocycles. The van der Waals surface area contributed by atoms with E-state index < -0.39 is 0 Å². The van der Waals surface area contributed by atoms with Crippen LogP contribution in [0.1, 0.15) is 24.4 Å². The Kier molecular flexibility index (Phi) is 4.52. The number of anilines is 1. The van der Waals surface area contributed by atoms with Gasteiger partial charge in [0.2, 0.25) is 0 Å². The van der Waals surface area contributed by atoms with Gasteiger partial charge in [-0.2, -0.15) is 5.10 Å². The van der Waals surface area contributed by atoms with Crippen LogP contribution in [0.2, 0.25) is 5.02 Å². The van der Waals surface area contributed by atoms with Crippen LogP contribution < -0.4 is 5.73 Å². The van der Waals surface area contributed by atoms with Crippen LogP contribution in [0.15, 0.2) is 34.9 Å². The number of nitrogens with two attached hydrogens (primary N) is 1. The van der Waals surface area contributed by atoms with Gasteiger partial charge in [0, 0.05) is 35.3 Å². The highest BCUT2D eigenvalue weighted by atomic mass is 79.9. The van der Waals surface area contributed by atoms with E-state index in [4.69, 9.17) is 17.3 Å². The third kappa shape index (κ3) is 3.59. The Balaban J connectivity index is 1.58. The lowest BCUT2D eigenvalue weighted by Crippen LogP contribution is -2.34. The Labute approximate surface area is 138 Å². The fraction of sp³-hybridized carbons (Fsp3) is 0.400. The summed E-state index contributed by atoms with van der Waals surface area (Å²) in [4.78, 5) is 2.44. The summed E-state index contributed by atoms with van der Waals surface area (Å²) < 4.78 is 3.02. The smallest absolute Gasteiger partial charge is 0.145 e. The number of likely N-dealkylation sites (tertiary alicyclic amines) is 1. The van der Waals surface area contributed by atoms with Gasteiger partial charge in [0.25, 0.3) is 0 Å². The van der Waals surface area contributed by atoms with Crippen molar-refractivity contribution in [2.24, 2.45) is 0 Å². The molecule has 1 aliphatic heterocycles. The minimum atomic E-state index is 0.457. The molecule has 0 atom stereocenters. The van der Waals surface area contributed by atoms with Crippen molar-refractivity contribution in [2.75, 3.05) is 18.8 Å². The van der Waals surface area contributed by atoms with Crippen molar-refractivity contribution in [1.82, 2.24) is 14.7 Å². The average Bonchev–Trinajstić information content (AvgIpc) is 2.89. The molecule has 2 N–H and O–H groups in total. The zero-order valence-corrected chi connectivity index (χ0v) is 14.0. The van der Waals surface area contributed by atoms with Gasteiger partial charge in [-0.1, -0.05) is 33.6 Å². The Morgan fingerprint density at radius 1 is 1.29 bits per heavy atom. The SMILES string of the molecule is Nc1ccn(C2CCN(Cc3ccc(Br)cc3Cl)CC2)n1. The highest BCUT2D eigenvalue weighted by molar-refractivity contribution is 9.10. The van der Waals surface area contributed by atoms with Crippen molar-refractivity contribution >= 4 is 33.3 Å². The molecule has 0 bridgehead atoms. The Hall–Kier alpha value is -1.04. The molecule has 2 aromatic rings. The minimum absolute atomic E-state index is 0.457. The fourth-order valence-corrected chi connectivity index (χ4v) is 3.52. The van der Waals surface area contributed by atoms with E-state index in [1.165, 1.54) is 5.56 Å². The van der Waals surface area contributed by atoms with Crippen molar-refractivity contribution in [3.8, 4) is 0 Å². The van der Waals surface area contributed by atoms with Crippen LogP contribution in [-0.4, -0.2) is 27.8 Å². The first-order valence-electron chi connectivity index (χ1n) is 7.09. The van der Waals surface area contributed by atoms with Crippen LogP contribution >= 0.6 is 27.5 Å². The van der Waals surface area contributed by atoms with Gasteiger partial charge in [0.05, 0.1) is 6.04 Å². The summed E-state index contributed by atoms with van der Waals surface area (Å²) in [6.45, 7) is 3.01. The number of rotatable bonds is 3. The summed E-state index contributed by atoms with van der Waals surface area (Å²) in [5.74, 6) is 0.596. The van der Waals surface area contributed by atoms with E-state index in [1.807, 2.05) is 29.1 Å². The van der Waals surface area contributed by atoms with Crippen molar-refractivity contribution in [2.45, 2.75) is 25.4 Å². The van der Waals surface area contributed by atoms with Crippen molar-refractivity contribution in [1.29, 1.82) is 0 Å². The monoisotopic (exact) mass is 368 g/mol. The van der Waals surface area contributed by atoms with Gasteiger partial charge < -0.3 is 5.73 Å². The highest BCUT2D eigenvalue weighted by Crippen LogP contribution is 2.26. The Morgan fingerprint density at radius 2 is 2.05 bits per heavy atom. The lowest BCUT2D eigenvalue weighted by Gasteiger charge is -2.32. The predicted molar refractivity (Wildman–Crippen MR) is 89.3 cm³/mol. The molecule has 0 amide bonds. The second kappa shape index (κ2) is 6.38. The largest absolute Gasteiger partial charge is 0.382 e. The lowest BCUT2D eigenvalue weighted by molar-refractivity contribution is 0.173. The zero-order valence-electron chi connectivity index (χ0n) is 11.7. The number of hydrogen-bond donors (Lipinski definition) is 1. The second-order valence-corrected chi connectivity index (χ2v) is 6.79. The van der Waals surface area contributed by atoms with Crippen LogP contribution in [0.4, 0.5) is 5.82 Å². The lowest BCUT2D eigenvalue weighted by atomic mass is 10.0. The van der Waals surface area contributed by atoms with E-state index >= 15 is 0 Å². The molecule has 1 saturated heterocycles. The van der Waals surface area contributed by atoms with Crippen LogP contribution in [0.3, 0.4) is 0 Å². The Morgan fingerprint density at radius 3 is 2.67 bits per heavy atom. The van der Waals surface area contributed by atoms with Crippen molar-refractivity contribution in [3.05, 3.63) is 45.5 Å². The van der Waals surface area contributed by atoms with E-state index in [0.29, 0.717) is 11.9 Å². The molecule has 1 fully saturated rings. The van der Waals surface area contributed by atoms with Crippen LogP contribution in [-0.2, 0) is 6.54 Å². The maximum Gasteiger partial charge on any atom is 0.145 e. The molecule has 0 unspecified atom stereocenters. The maximum absolute atomic E-state index is 6.29. The number of benzene rings is 1. The van der Waals surface area contributed by atoms with Crippen LogP contribution in [0, 0.1) is 0 Å². The van der Waals surface area contributed by atoms with Gasteiger partial charge in [0.15, 0.2) is 0 Å². The summed E-state index contributed by atoms with van der Waals surface area (Å²) in [7, 11) is 0. The molecule has 1 aromatic carbocycles. The van der Waals surface area contributed by atoms with E-state index in [-0.39, 0.29) is 0 Å². The first-order chi connectivity index (χ1) is 10.1. The summed E-state index contributed by atoms with van der Waals surface area (Å²) in [6.07, 6.45) is 4.16. The average molecular weight is 370 g/mol. The van der Waals surface area contributed by atoms with Gasteiger partial charge in [0.1, 0.15) is 5.82 Å². The molecule has 6 heteroatoms. The first-order valence-corrected chi connectivity index (χ1v) is 8.26. The molecule has 112 valence electrons. The molecular formula is C15H18BrClN4. The van der Waals surface area contributed by atoms with Gasteiger partial charge >= 0.3 is 0 Å². The van der Waals surface area contributed by atoms with Crippen LogP contribution in [0.25, 0.3) is 0 Å². The first kappa shape index (κ1) is 14.9. The Bertz CT molecular complexity index is 620. The van der Waals surface area contributed by atoms with Crippen molar-refractivity contribution < 1.29 is 0 Å². The molecule has 0 spiro atoms. The van der Waals surface area contributed by atoms with Gasteiger partial charge in [-0.15, -0.1) is 0 Å². The van der Waals surface area contributed by atoms with E-state index in [9.17, 15) is 0 Å². The molecule has 0 saturated carbocycles. The standard InChI is InChI=1S/C15H18BrClN4/c16-12-2-1-11(14(17)9-12)10-20-6-3-13(4-7-20)21-8-5-15(18)19-21/h1-2,5,8-9,13H,3-4,6-7,10H2,(H2,18,19). The van der Waals surface area contributed by atoms with Crippen LogP contribution in [0.5, 0.6) is 0 Å². The summed E-state index contributed by atoms with van der Waals surface area (Å²) >= 11 is 9.73. The second-order valence-electron chi connectivity index (χ2n) is 5.46. The molecule has 3 rings (SSSR count).